The molecule has 0 amide bonds. The molecule has 0 aliphatic heterocycles. The highest BCUT2D eigenvalue weighted by Gasteiger charge is 2.31. The van der Waals surface area contributed by atoms with Crippen molar-refractivity contribution in [3.05, 3.63) is 42.4 Å². The zero-order chi connectivity index (χ0) is 19.0. The maximum absolute atomic E-state index is 13.1. The molecule has 0 atom stereocenters. The van der Waals surface area contributed by atoms with Crippen molar-refractivity contribution in [3.63, 3.8) is 0 Å². The number of nitrogens with one attached hydrogen (secondary N) is 2. The predicted molar refractivity (Wildman–Crippen MR) is 93.3 cm³/mol. The lowest BCUT2D eigenvalue weighted by molar-refractivity contribution is -0.137. The Labute approximate surface area is 150 Å². The molecule has 0 fully saturated rings. The van der Waals surface area contributed by atoms with Crippen molar-refractivity contribution in [1.82, 2.24) is 24.6 Å². The fourth-order valence-electron chi connectivity index (χ4n) is 2.91. The number of imidazole rings is 1. The fourth-order valence-corrected chi connectivity index (χ4v) is 2.91. The Morgan fingerprint density at radius 2 is 2.07 bits per heavy atom. The van der Waals surface area contributed by atoms with Gasteiger partial charge in [0.05, 0.1) is 34.7 Å². The number of anilines is 1. The molecule has 4 rings (SSSR count). The minimum absolute atomic E-state index is 0.0101. The molecule has 27 heavy (non-hydrogen) atoms. The number of benzene rings is 1. The van der Waals surface area contributed by atoms with Gasteiger partial charge >= 0.3 is 6.18 Å². The van der Waals surface area contributed by atoms with Crippen LogP contribution in [-0.2, 0) is 6.18 Å². The molecule has 10 heteroatoms. The van der Waals surface area contributed by atoms with E-state index in [1.54, 1.807) is 23.0 Å². The Balaban J connectivity index is 1.98. The fraction of sp³-hybridized carbons (Fsp3) is 0.235. The zero-order valence-corrected chi connectivity index (χ0v) is 14.0. The van der Waals surface area contributed by atoms with Crippen LogP contribution >= 0.6 is 0 Å². The van der Waals surface area contributed by atoms with Crippen LogP contribution in [0.1, 0.15) is 12.0 Å². The normalized spacial score (nSPS) is 12.1. The summed E-state index contributed by atoms with van der Waals surface area (Å²) >= 11 is 0. The van der Waals surface area contributed by atoms with Crippen molar-refractivity contribution < 1.29 is 18.3 Å². The first-order valence-electron chi connectivity index (χ1n) is 8.21. The number of rotatable bonds is 5. The maximum Gasteiger partial charge on any atom is 0.416 e. The lowest BCUT2D eigenvalue weighted by Crippen LogP contribution is -2.09. The summed E-state index contributed by atoms with van der Waals surface area (Å²) in [5, 5.41) is 18.6. The summed E-state index contributed by atoms with van der Waals surface area (Å²) in [5.41, 5.74) is 1.82. The van der Waals surface area contributed by atoms with E-state index < -0.39 is 11.7 Å². The van der Waals surface area contributed by atoms with Crippen LogP contribution in [0.15, 0.2) is 36.8 Å². The van der Waals surface area contributed by atoms with E-state index in [-0.39, 0.29) is 12.1 Å². The molecule has 0 saturated carbocycles. The third-order valence-corrected chi connectivity index (χ3v) is 4.17. The number of hydrogen-bond donors (Lipinski definition) is 3. The summed E-state index contributed by atoms with van der Waals surface area (Å²) in [7, 11) is 0. The molecule has 140 valence electrons. The summed E-state index contributed by atoms with van der Waals surface area (Å²) in [4.78, 5) is 8.73. The lowest BCUT2D eigenvalue weighted by atomic mass is 10.1. The van der Waals surface area contributed by atoms with Crippen LogP contribution in [0, 0.1) is 0 Å². The standard InChI is InChI=1S/C17H15F3N6O/c18-17(19,20)11-2-3-13-12(6-11)25-15(21-4-1-5-27)16-22-9-14(26(13)16)10-7-23-24-8-10/h2-3,6-9,27H,1,4-5H2,(H,21,25)(H,23,24). The first kappa shape index (κ1) is 17.3. The number of aliphatic hydroxyl groups is 1. The monoisotopic (exact) mass is 376 g/mol. The van der Waals surface area contributed by atoms with E-state index in [1.807, 2.05) is 0 Å². The highest BCUT2D eigenvalue weighted by molar-refractivity contribution is 5.86. The largest absolute Gasteiger partial charge is 0.416 e. The zero-order valence-electron chi connectivity index (χ0n) is 14.0. The van der Waals surface area contributed by atoms with Gasteiger partial charge in [0, 0.05) is 24.9 Å². The van der Waals surface area contributed by atoms with Gasteiger partial charge in [0.1, 0.15) is 0 Å². The molecule has 0 bridgehead atoms. The quantitative estimate of drug-likeness (QED) is 0.466. The van der Waals surface area contributed by atoms with Gasteiger partial charge < -0.3 is 10.4 Å². The topological polar surface area (TPSA) is 91.1 Å². The average molecular weight is 376 g/mol. The molecule has 1 aromatic carbocycles. The maximum atomic E-state index is 13.1. The minimum atomic E-state index is -4.46. The van der Waals surface area contributed by atoms with Crippen molar-refractivity contribution >= 4 is 22.5 Å². The molecule has 4 aromatic rings. The molecule has 0 unspecified atom stereocenters. The van der Waals surface area contributed by atoms with Crippen molar-refractivity contribution in [2.24, 2.45) is 0 Å². The second kappa shape index (κ2) is 6.54. The number of fused-ring (bicyclic) bond motifs is 3. The third kappa shape index (κ3) is 3.08. The van der Waals surface area contributed by atoms with E-state index in [2.05, 4.69) is 25.5 Å². The Bertz CT molecular complexity index is 1090. The van der Waals surface area contributed by atoms with Gasteiger partial charge in [0.2, 0.25) is 0 Å². The van der Waals surface area contributed by atoms with E-state index >= 15 is 0 Å². The first-order chi connectivity index (χ1) is 13.0. The summed E-state index contributed by atoms with van der Waals surface area (Å²) in [6, 6.07) is 3.44. The minimum Gasteiger partial charge on any atom is -0.396 e. The first-order valence-corrected chi connectivity index (χ1v) is 8.21. The molecule has 7 nitrogen and oxygen atoms in total. The number of aromatic amines is 1. The van der Waals surface area contributed by atoms with Crippen LogP contribution in [0.3, 0.4) is 0 Å². The SMILES string of the molecule is OCCCNc1nc2cc(C(F)(F)F)ccc2n2c(-c3cn[nH]c3)cnc12. The molecular formula is C17H15F3N6O. The Kier molecular flexibility index (Phi) is 4.19. The summed E-state index contributed by atoms with van der Waals surface area (Å²) in [6.07, 6.45) is 0.926. The Hall–Kier alpha value is -3.14. The molecule has 0 spiro atoms. The highest BCUT2D eigenvalue weighted by Crippen LogP contribution is 2.33. The number of halogens is 3. The summed E-state index contributed by atoms with van der Waals surface area (Å²) < 4.78 is 41.1. The van der Waals surface area contributed by atoms with Crippen molar-refractivity contribution in [2.75, 3.05) is 18.5 Å². The number of aliphatic hydroxyl groups excluding tert-OH is 1. The van der Waals surface area contributed by atoms with Gasteiger partial charge in [0.15, 0.2) is 11.5 Å². The number of alkyl halides is 3. The Morgan fingerprint density at radius 1 is 1.22 bits per heavy atom. The van der Waals surface area contributed by atoms with E-state index in [0.29, 0.717) is 35.6 Å². The predicted octanol–water partition coefficient (Wildman–Crippen LogP) is 3.09. The van der Waals surface area contributed by atoms with Gasteiger partial charge in [-0.3, -0.25) is 9.50 Å². The third-order valence-electron chi connectivity index (χ3n) is 4.17. The highest BCUT2D eigenvalue weighted by atomic mass is 19.4. The number of H-pyrrole nitrogens is 1. The van der Waals surface area contributed by atoms with Gasteiger partial charge in [-0.2, -0.15) is 18.3 Å². The van der Waals surface area contributed by atoms with E-state index in [1.165, 1.54) is 6.07 Å². The van der Waals surface area contributed by atoms with Gasteiger partial charge in [-0.05, 0) is 24.6 Å². The van der Waals surface area contributed by atoms with Crippen LogP contribution in [0.2, 0.25) is 0 Å². The molecule has 3 aromatic heterocycles. The van der Waals surface area contributed by atoms with Gasteiger partial charge in [-0.15, -0.1) is 0 Å². The van der Waals surface area contributed by atoms with Gasteiger partial charge in [0.25, 0.3) is 0 Å². The molecular weight excluding hydrogens is 361 g/mol. The number of aromatic nitrogens is 5. The number of hydrogen-bond acceptors (Lipinski definition) is 5. The molecule has 0 aliphatic rings. The van der Waals surface area contributed by atoms with E-state index in [9.17, 15) is 13.2 Å². The lowest BCUT2D eigenvalue weighted by Gasteiger charge is -2.13. The number of nitrogens with zero attached hydrogens (tertiary/aromatic N) is 4. The summed E-state index contributed by atoms with van der Waals surface area (Å²) in [5.74, 6) is 0.352. The van der Waals surface area contributed by atoms with Gasteiger partial charge in [-0.25, -0.2) is 9.97 Å². The van der Waals surface area contributed by atoms with Crippen molar-refractivity contribution in [1.29, 1.82) is 0 Å². The molecule has 3 N–H and O–H groups in total. The smallest absolute Gasteiger partial charge is 0.396 e. The molecule has 0 saturated heterocycles. The van der Waals surface area contributed by atoms with Crippen molar-refractivity contribution in [3.8, 4) is 11.3 Å². The van der Waals surface area contributed by atoms with Crippen LogP contribution in [-0.4, -0.2) is 42.8 Å². The second-order valence-corrected chi connectivity index (χ2v) is 5.96. The second-order valence-electron chi connectivity index (χ2n) is 5.96. The van der Waals surface area contributed by atoms with E-state index in [4.69, 9.17) is 5.11 Å². The van der Waals surface area contributed by atoms with Crippen LogP contribution in [0.4, 0.5) is 19.0 Å². The van der Waals surface area contributed by atoms with E-state index in [0.717, 1.165) is 17.7 Å². The van der Waals surface area contributed by atoms with Crippen LogP contribution < -0.4 is 5.32 Å². The summed E-state index contributed by atoms with van der Waals surface area (Å²) in [6.45, 7) is 0.404. The molecule has 0 aliphatic carbocycles. The van der Waals surface area contributed by atoms with Gasteiger partial charge in [-0.1, -0.05) is 0 Å². The Morgan fingerprint density at radius 3 is 2.78 bits per heavy atom. The molecule has 0 radical (unpaired) electrons. The molecule has 3 heterocycles. The van der Waals surface area contributed by atoms with Crippen LogP contribution in [0.25, 0.3) is 27.9 Å². The van der Waals surface area contributed by atoms with Crippen molar-refractivity contribution in [2.45, 2.75) is 12.6 Å². The average Bonchev–Trinajstić information content (AvgIpc) is 3.30. The van der Waals surface area contributed by atoms with Crippen LogP contribution in [0.5, 0.6) is 0 Å².